The summed E-state index contributed by atoms with van der Waals surface area (Å²) in [5, 5.41) is 12.3. The number of hydrogen-bond donors (Lipinski definition) is 1. The first kappa shape index (κ1) is 16.0. The van der Waals surface area contributed by atoms with Gasteiger partial charge in [0.1, 0.15) is 11.9 Å². The van der Waals surface area contributed by atoms with E-state index in [0.717, 1.165) is 14.6 Å². The zero-order valence-electron chi connectivity index (χ0n) is 12.4. The second kappa shape index (κ2) is 6.20. The third kappa shape index (κ3) is 2.70. The van der Waals surface area contributed by atoms with Crippen LogP contribution in [0.1, 0.15) is 24.1 Å². The molecule has 6 nitrogen and oxygen atoms in total. The van der Waals surface area contributed by atoms with Crippen molar-refractivity contribution in [3.8, 4) is 6.07 Å². The Balaban J connectivity index is 2.56. The van der Waals surface area contributed by atoms with Crippen molar-refractivity contribution in [1.82, 2.24) is 9.13 Å². The number of anilines is 1. The van der Waals surface area contributed by atoms with Crippen LogP contribution in [-0.2, 0) is 14.1 Å². The number of rotatable bonds is 3. The van der Waals surface area contributed by atoms with Gasteiger partial charge < -0.3 is 5.32 Å². The summed E-state index contributed by atoms with van der Waals surface area (Å²) >= 11 is 3.47. The van der Waals surface area contributed by atoms with E-state index in [1.165, 1.54) is 18.7 Å². The molecule has 1 aromatic carbocycles. The maximum Gasteiger partial charge on any atom is 0.332 e. The van der Waals surface area contributed by atoms with Gasteiger partial charge in [-0.3, -0.25) is 13.9 Å². The summed E-state index contributed by atoms with van der Waals surface area (Å²) in [6, 6.07) is 9.30. The van der Waals surface area contributed by atoms with E-state index in [-0.39, 0.29) is 17.4 Å². The molecule has 22 heavy (non-hydrogen) atoms. The topological polar surface area (TPSA) is 79.8 Å². The van der Waals surface area contributed by atoms with E-state index < -0.39 is 11.2 Å². The third-order valence-corrected chi connectivity index (χ3v) is 4.22. The fraction of sp³-hybridized carbons (Fsp3) is 0.267. The summed E-state index contributed by atoms with van der Waals surface area (Å²) < 4.78 is 3.10. The van der Waals surface area contributed by atoms with Crippen molar-refractivity contribution in [2.75, 3.05) is 5.32 Å². The molecule has 0 saturated heterocycles. The smallest absolute Gasteiger partial charge is 0.332 e. The standard InChI is InChI=1S/C15H15BrN4O2/c1-9(10-6-4-5-7-12(10)16)18-13-11(8-17)14(21)20(3)15(22)19(13)2/h4-7,9,18H,1-3H3/t9-/m0/s1. The quantitative estimate of drug-likeness (QED) is 0.903. The predicted octanol–water partition coefficient (Wildman–Crippen LogP) is 1.89. The second-order valence-corrected chi connectivity index (χ2v) is 5.78. The van der Waals surface area contributed by atoms with Crippen LogP contribution in [0, 0.1) is 11.3 Å². The van der Waals surface area contributed by atoms with Crippen LogP contribution in [0.3, 0.4) is 0 Å². The number of halogens is 1. The van der Waals surface area contributed by atoms with Crippen molar-refractivity contribution in [3.63, 3.8) is 0 Å². The summed E-state index contributed by atoms with van der Waals surface area (Å²) in [5.41, 5.74) is -0.207. The van der Waals surface area contributed by atoms with E-state index in [1.54, 1.807) is 0 Å². The number of nitriles is 1. The van der Waals surface area contributed by atoms with Gasteiger partial charge in [0, 0.05) is 18.6 Å². The van der Waals surface area contributed by atoms with E-state index >= 15 is 0 Å². The molecule has 1 atom stereocenters. The number of benzene rings is 1. The zero-order valence-corrected chi connectivity index (χ0v) is 14.0. The van der Waals surface area contributed by atoms with Gasteiger partial charge in [0.25, 0.3) is 5.56 Å². The molecule has 0 amide bonds. The maximum absolute atomic E-state index is 12.1. The second-order valence-electron chi connectivity index (χ2n) is 4.93. The zero-order chi connectivity index (χ0) is 16.4. The van der Waals surface area contributed by atoms with E-state index in [1.807, 2.05) is 37.3 Å². The minimum atomic E-state index is -0.604. The molecule has 0 aliphatic carbocycles. The Labute approximate surface area is 135 Å². The highest BCUT2D eigenvalue weighted by Crippen LogP contribution is 2.26. The van der Waals surface area contributed by atoms with Crippen molar-refractivity contribution in [1.29, 1.82) is 5.26 Å². The lowest BCUT2D eigenvalue weighted by Crippen LogP contribution is -2.40. The molecule has 0 radical (unpaired) electrons. The first-order valence-electron chi connectivity index (χ1n) is 6.59. The van der Waals surface area contributed by atoms with E-state index in [4.69, 9.17) is 0 Å². The number of nitrogens with zero attached hydrogens (tertiary/aromatic N) is 3. The lowest BCUT2D eigenvalue weighted by atomic mass is 10.1. The Morgan fingerprint density at radius 2 is 1.86 bits per heavy atom. The highest BCUT2D eigenvalue weighted by molar-refractivity contribution is 9.10. The van der Waals surface area contributed by atoms with Crippen molar-refractivity contribution < 1.29 is 0 Å². The lowest BCUT2D eigenvalue weighted by molar-refractivity contribution is 0.678. The highest BCUT2D eigenvalue weighted by atomic mass is 79.9. The van der Waals surface area contributed by atoms with Crippen LogP contribution < -0.4 is 16.6 Å². The summed E-state index contributed by atoms with van der Waals surface area (Å²) in [4.78, 5) is 24.1. The van der Waals surface area contributed by atoms with Gasteiger partial charge in [-0.2, -0.15) is 5.26 Å². The summed E-state index contributed by atoms with van der Waals surface area (Å²) in [6.45, 7) is 1.89. The van der Waals surface area contributed by atoms with Crippen molar-refractivity contribution in [2.45, 2.75) is 13.0 Å². The van der Waals surface area contributed by atoms with Gasteiger partial charge in [-0.25, -0.2) is 4.79 Å². The minimum absolute atomic E-state index is 0.0801. The van der Waals surface area contributed by atoms with Crippen LogP contribution in [0.2, 0.25) is 0 Å². The largest absolute Gasteiger partial charge is 0.364 e. The molecule has 0 saturated carbocycles. The molecule has 7 heteroatoms. The Morgan fingerprint density at radius 1 is 1.23 bits per heavy atom. The summed E-state index contributed by atoms with van der Waals surface area (Å²) in [7, 11) is 2.88. The van der Waals surface area contributed by atoms with Crippen molar-refractivity contribution in [2.24, 2.45) is 14.1 Å². The predicted molar refractivity (Wildman–Crippen MR) is 87.8 cm³/mol. The fourth-order valence-electron chi connectivity index (χ4n) is 2.22. The van der Waals surface area contributed by atoms with Crippen LogP contribution in [0.5, 0.6) is 0 Å². The van der Waals surface area contributed by atoms with Gasteiger partial charge in [0.2, 0.25) is 0 Å². The number of nitrogens with one attached hydrogen (secondary N) is 1. The fourth-order valence-corrected chi connectivity index (χ4v) is 2.85. The molecule has 1 heterocycles. The molecular weight excluding hydrogens is 348 g/mol. The molecule has 0 aliphatic rings. The first-order valence-corrected chi connectivity index (χ1v) is 7.38. The Hall–Kier alpha value is -2.33. The molecule has 1 N–H and O–H groups in total. The molecule has 0 aliphatic heterocycles. The summed E-state index contributed by atoms with van der Waals surface area (Å²) in [5.74, 6) is 0.221. The van der Waals surface area contributed by atoms with Gasteiger partial charge >= 0.3 is 5.69 Å². The van der Waals surface area contributed by atoms with Gasteiger partial charge in [-0.05, 0) is 18.6 Å². The van der Waals surface area contributed by atoms with Gasteiger partial charge in [-0.15, -0.1) is 0 Å². The van der Waals surface area contributed by atoms with Crippen molar-refractivity contribution >= 4 is 21.7 Å². The molecular formula is C15H15BrN4O2. The van der Waals surface area contributed by atoms with Crippen LogP contribution in [0.4, 0.5) is 5.82 Å². The van der Waals surface area contributed by atoms with Crippen LogP contribution in [-0.4, -0.2) is 9.13 Å². The van der Waals surface area contributed by atoms with Crippen LogP contribution >= 0.6 is 15.9 Å². The van der Waals surface area contributed by atoms with E-state index in [2.05, 4.69) is 21.2 Å². The van der Waals surface area contributed by atoms with Gasteiger partial charge in [-0.1, -0.05) is 34.1 Å². The Bertz CT molecular complexity index is 877. The SMILES string of the molecule is C[C@H](Nc1c(C#N)c(=O)n(C)c(=O)n1C)c1ccccc1Br. The molecule has 0 fully saturated rings. The molecule has 0 bridgehead atoms. The third-order valence-electron chi connectivity index (χ3n) is 3.50. The Morgan fingerprint density at radius 3 is 2.45 bits per heavy atom. The average Bonchev–Trinajstić information content (AvgIpc) is 2.51. The summed E-state index contributed by atoms with van der Waals surface area (Å²) in [6.07, 6.45) is 0. The van der Waals surface area contributed by atoms with E-state index in [0.29, 0.717) is 0 Å². The first-order chi connectivity index (χ1) is 10.4. The lowest BCUT2D eigenvalue weighted by Gasteiger charge is -2.20. The molecule has 114 valence electrons. The van der Waals surface area contributed by atoms with E-state index in [9.17, 15) is 14.9 Å². The molecule has 0 unspecified atom stereocenters. The molecule has 0 spiro atoms. The van der Waals surface area contributed by atoms with Crippen LogP contribution in [0.25, 0.3) is 0 Å². The number of aromatic nitrogens is 2. The molecule has 2 aromatic rings. The minimum Gasteiger partial charge on any atom is -0.364 e. The monoisotopic (exact) mass is 362 g/mol. The number of hydrogen-bond acceptors (Lipinski definition) is 4. The molecule has 1 aromatic heterocycles. The van der Waals surface area contributed by atoms with Gasteiger partial charge in [0.15, 0.2) is 5.56 Å². The normalized spacial score (nSPS) is 11.8. The highest BCUT2D eigenvalue weighted by Gasteiger charge is 2.18. The van der Waals surface area contributed by atoms with Gasteiger partial charge in [0.05, 0.1) is 6.04 Å². The Kier molecular flexibility index (Phi) is 4.52. The average molecular weight is 363 g/mol. The van der Waals surface area contributed by atoms with Crippen LogP contribution in [0.15, 0.2) is 38.3 Å². The van der Waals surface area contributed by atoms with Crippen molar-refractivity contribution in [3.05, 3.63) is 60.7 Å². The maximum atomic E-state index is 12.1. The molecule has 2 rings (SSSR count).